The van der Waals surface area contributed by atoms with Crippen LogP contribution in [-0.2, 0) is 38.1 Å². The lowest BCUT2D eigenvalue weighted by atomic mass is 9.78. The Kier molecular flexibility index (Phi) is 20.4. The molecule has 4 N–H and O–H groups in total. The van der Waals surface area contributed by atoms with Crippen molar-refractivity contribution in [2.24, 2.45) is 35.5 Å². The highest BCUT2D eigenvalue weighted by atomic mass is 16.6. The van der Waals surface area contributed by atoms with Crippen molar-refractivity contribution in [3.63, 3.8) is 0 Å². The fraction of sp³-hybridized carbons (Fsp3) is 0.760. The van der Waals surface area contributed by atoms with E-state index in [4.69, 9.17) is 18.9 Å². The van der Waals surface area contributed by atoms with Crippen molar-refractivity contribution >= 4 is 23.4 Å². The zero-order valence-electron chi connectivity index (χ0n) is 39.4. The van der Waals surface area contributed by atoms with Gasteiger partial charge in [0.15, 0.2) is 5.78 Å². The average Bonchev–Trinajstić information content (AvgIpc) is 3.26. The topological polar surface area (TPSA) is 189 Å². The average molecular weight is 886 g/mol. The quantitative estimate of drug-likeness (QED) is 0.136. The monoisotopic (exact) mass is 886 g/mol. The van der Waals surface area contributed by atoms with Crippen molar-refractivity contribution in [1.82, 2.24) is 4.90 Å². The molecule has 1 aliphatic carbocycles. The van der Waals surface area contributed by atoms with E-state index in [-0.39, 0.29) is 36.3 Å². The van der Waals surface area contributed by atoms with Crippen LogP contribution in [0.4, 0.5) is 0 Å². The molecule has 0 aromatic rings. The molecule has 2 bridgehead atoms. The Hall–Kier alpha value is -3.04. The lowest BCUT2D eigenvalue weighted by molar-refractivity contribution is -0.265. The number of carbonyl (C=O) groups is 4. The van der Waals surface area contributed by atoms with E-state index in [1.807, 2.05) is 64.2 Å². The van der Waals surface area contributed by atoms with Gasteiger partial charge in [-0.05, 0) is 126 Å². The van der Waals surface area contributed by atoms with E-state index in [1.54, 1.807) is 35.0 Å². The number of allylic oxidation sites excluding steroid dienone is 6. The van der Waals surface area contributed by atoms with Crippen molar-refractivity contribution in [1.29, 1.82) is 0 Å². The predicted molar refractivity (Wildman–Crippen MR) is 240 cm³/mol. The van der Waals surface area contributed by atoms with Crippen LogP contribution in [0.25, 0.3) is 0 Å². The molecule has 0 aromatic carbocycles. The molecule has 3 fully saturated rings. The Morgan fingerprint density at radius 2 is 1.54 bits per heavy atom. The highest BCUT2D eigenvalue weighted by molar-refractivity contribution is 6.39. The number of amides is 1. The molecule has 15 atom stereocenters. The molecular formula is C50H79NO12. The number of hydrogen-bond donors (Lipinski definition) is 4. The number of Topliss-reactive ketones (excluding diaryl/α,β-unsaturated/α-hetero) is 2. The normalized spacial score (nSPS) is 41.3. The number of aliphatic hydroxyl groups is 4. The van der Waals surface area contributed by atoms with Gasteiger partial charge in [-0.3, -0.25) is 14.4 Å². The number of carbonyl (C=O) groups excluding carboxylic acids is 4. The summed E-state index contributed by atoms with van der Waals surface area (Å²) in [5.74, 6) is -6.67. The minimum atomic E-state index is -2.39. The van der Waals surface area contributed by atoms with Gasteiger partial charge in [0, 0.05) is 39.0 Å². The molecule has 3 aliphatic heterocycles. The SMILES string of the molecule is CO[C@H]1C[C@@H]2CC[C@@H](C)[C@@](O)(O2)C(=O)C(=O)N2CCCC[C@H]2C(=O)O[C@H]([C@H](C)C[C@@H]2CC[C@@H](O)[C@H](OC)C2)CC[C@H](C)/C=C(\C)[C@@H](O)[C@@H](O)C(=O)[C@H](C)C[C@H](C)/C=C/C=C/C=C/1C. The third kappa shape index (κ3) is 14.2. The smallest absolute Gasteiger partial charge is 0.329 e. The van der Waals surface area contributed by atoms with Gasteiger partial charge < -0.3 is 44.3 Å². The summed E-state index contributed by atoms with van der Waals surface area (Å²) >= 11 is 0. The van der Waals surface area contributed by atoms with E-state index < -0.39 is 83.7 Å². The van der Waals surface area contributed by atoms with Crippen molar-refractivity contribution in [3.8, 4) is 0 Å². The minimum Gasteiger partial charge on any atom is -0.461 e. The van der Waals surface area contributed by atoms with Gasteiger partial charge in [-0.1, -0.05) is 71.1 Å². The van der Waals surface area contributed by atoms with Crippen LogP contribution in [0, 0.1) is 35.5 Å². The van der Waals surface area contributed by atoms with E-state index in [0.717, 1.165) is 12.0 Å². The summed E-state index contributed by atoms with van der Waals surface area (Å²) in [7, 11) is 3.18. The minimum absolute atomic E-state index is 0.0120. The molecule has 3 heterocycles. The lowest BCUT2D eigenvalue weighted by Gasteiger charge is -2.42. The highest BCUT2D eigenvalue weighted by Gasteiger charge is 2.53. The Bertz CT molecular complexity index is 1660. The zero-order valence-corrected chi connectivity index (χ0v) is 39.4. The Balaban J connectivity index is 1.66. The van der Waals surface area contributed by atoms with Gasteiger partial charge in [0.2, 0.25) is 5.79 Å². The van der Waals surface area contributed by atoms with Crippen LogP contribution in [0.2, 0.25) is 0 Å². The number of piperidine rings is 1. The highest BCUT2D eigenvalue weighted by Crippen LogP contribution is 2.38. The molecule has 356 valence electrons. The van der Waals surface area contributed by atoms with Crippen LogP contribution in [0.1, 0.15) is 132 Å². The molecule has 13 nitrogen and oxygen atoms in total. The van der Waals surface area contributed by atoms with Gasteiger partial charge in [-0.2, -0.15) is 0 Å². The second kappa shape index (κ2) is 24.5. The molecule has 0 radical (unpaired) electrons. The van der Waals surface area contributed by atoms with Crippen LogP contribution in [0.3, 0.4) is 0 Å². The van der Waals surface area contributed by atoms with Crippen LogP contribution in [0.15, 0.2) is 47.6 Å². The van der Waals surface area contributed by atoms with E-state index in [9.17, 15) is 39.6 Å². The molecule has 0 aromatic heterocycles. The van der Waals surface area contributed by atoms with E-state index in [1.165, 1.54) is 4.90 Å². The van der Waals surface area contributed by atoms with Gasteiger partial charge in [0.25, 0.3) is 11.7 Å². The van der Waals surface area contributed by atoms with Gasteiger partial charge in [-0.15, -0.1) is 0 Å². The van der Waals surface area contributed by atoms with Crippen molar-refractivity contribution in [2.45, 2.75) is 186 Å². The molecule has 1 saturated carbocycles. The maximum Gasteiger partial charge on any atom is 0.329 e. The summed E-state index contributed by atoms with van der Waals surface area (Å²) in [4.78, 5) is 57.3. The Morgan fingerprint density at radius 3 is 2.24 bits per heavy atom. The molecule has 13 heteroatoms. The fourth-order valence-electron chi connectivity index (χ4n) is 10.1. The van der Waals surface area contributed by atoms with Gasteiger partial charge in [-0.25, -0.2) is 4.79 Å². The van der Waals surface area contributed by atoms with Crippen molar-refractivity contribution < 1.29 is 58.6 Å². The molecule has 1 amide bonds. The van der Waals surface area contributed by atoms with E-state index in [0.29, 0.717) is 82.6 Å². The Labute approximate surface area is 376 Å². The third-order valence-corrected chi connectivity index (χ3v) is 14.3. The second-order valence-corrected chi connectivity index (χ2v) is 19.5. The first-order valence-corrected chi connectivity index (χ1v) is 23.6. The number of methoxy groups -OCH3 is 2. The van der Waals surface area contributed by atoms with Crippen LogP contribution in [-0.4, -0.2) is 124 Å². The van der Waals surface area contributed by atoms with Gasteiger partial charge in [0.1, 0.15) is 24.4 Å². The first-order valence-electron chi connectivity index (χ1n) is 23.6. The fourth-order valence-corrected chi connectivity index (χ4v) is 10.1. The summed E-state index contributed by atoms with van der Waals surface area (Å²) in [6.07, 6.45) is 13.1. The summed E-state index contributed by atoms with van der Waals surface area (Å²) in [6.45, 7) is 13.2. The zero-order chi connectivity index (χ0) is 46.6. The molecule has 0 unspecified atom stereocenters. The molecule has 4 rings (SSSR count). The standard InChI is InChI=1S/C50H79NO12/c1-30-15-11-10-12-16-32(3)42(60-8)29-38-21-19-36(7)50(59,63-38)47(56)48(57)51-24-14-13-17-39(51)49(58)62-41(33(4)27-37-20-22-40(52)43(28-37)61-9)23-18-31(2)26-35(6)45(54)46(55)44(53)34(5)25-30/h10-12,15-16,26,30-31,33-34,36-43,45-46,52,54-55,59H,13-14,17-25,27-29H2,1-9H3/b12-10+,15-11+,32-16+,35-26+/t30-,31+,33-,34-,36-,37+,38+,39+,40-,41+,42+,43-,45-,46+,50-/m1/s1. The van der Waals surface area contributed by atoms with Crippen LogP contribution >= 0.6 is 0 Å². The maximum absolute atomic E-state index is 14.3. The number of hydrogen-bond acceptors (Lipinski definition) is 12. The Morgan fingerprint density at radius 1 is 0.810 bits per heavy atom. The second-order valence-electron chi connectivity index (χ2n) is 19.5. The molecular weight excluding hydrogens is 807 g/mol. The number of cyclic esters (lactones) is 1. The molecule has 4 aliphatic rings. The van der Waals surface area contributed by atoms with E-state index in [2.05, 4.69) is 0 Å². The first-order chi connectivity index (χ1) is 29.8. The number of fused-ring (bicyclic) bond motifs is 3. The number of aliphatic hydroxyl groups excluding tert-OH is 3. The van der Waals surface area contributed by atoms with Crippen LogP contribution in [0.5, 0.6) is 0 Å². The summed E-state index contributed by atoms with van der Waals surface area (Å²) in [5, 5.41) is 44.5. The number of rotatable bonds is 5. The largest absolute Gasteiger partial charge is 0.461 e. The summed E-state index contributed by atoms with van der Waals surface area (Å²) < 4.78 is 23.9. The number of ketones is 2. The van der Waals surface area contributed by atoms with E-state index >= 15 is 0 Å². The molecule has 0 spiro atoms. The predicted octanol–water partition coefficient (Wildman–Crippen LogP) is 6.35. The van der Waals surface area contributed by atoms with Crippen molar-refractivity contribution in [2.75, 3.05) is 20.8 Å². The van der Waals surface area contributed by atoms with Crippen molar-refractivity contribution in [3.05, 3.63) is 47.6 Å². The van der Waals surface area contributed by atoms with Gasteiger partial charge in [0.05, 0.1) is 24.4 Å². The number of ether oxygens (including phenoxy) is 4. The molecule has 2 saturated heterocycles. The van der Waals surface area contributed by atoms with Gasteiger partial charge >= 0.3 is 5.97 Å². The molecule has 63 heavy (non-hydrogen) atoms. The summed E-state index contributed by atoms with van der Waals surface area (Å²) in [5.41, 5.74) is 1.35. The third-order valence-electron chi connectivity index (χ3n) is 14.3. The summed E-state index contributed by atoms with van der Waals surface area (Å²) in [6, 6.07) is -1.03. The van der Waals surface area contributed by atoms with Crippen LogP contribution < -0.4 is 0 Å². The number of nitrogens with zero attached hydrogens (tertiary/aromatic N) is 1. The first kappa shape index (κ1) is 52.6. The maximum atomic E-state index is 14.3. The lowest BCUT2D eigenvalue weighted by Crippen LogP contribution is -2.61. The number of esters is 1.